The van der Waals surface area contributed by atoms with Gasteiger partial charge in [-0.2, -0.15) is 0 Å². The Kier molecular flexibility index (Phi) is 12.6. The number of alkyl halides is 1. The number of hydrogen-bond donors (Lipinski definition) is 0. The first-order valence-corrected chi connectivity index (χ1v) is 11.1. The van der Waals surface area contributed by atoms with E-state index < -0.39 is 0 Å². The minimum Gasteiger partial charge on any atom is -0.379 e. The molecule has 0 amide bonds. The average molecular weight is 423 g/mol. The van der Waals surface area contributed by atoms with Gasteiger partial charge in [-0.25, -0.2) is 9.13 Å². The molecule has 2 rings (SSSR count). The van der Waals surface area contributed by atoms with Crippen LogP contribution in [0.1, 0.15) is 24.5 Å². The fourth-order valence-electron chi connectivity index (χ4n) is 2.86. The summed E-state index contributed by atoms with van der Waals surface area (Å²) in [6.45, 7) is 7.99. The van der Waals surface area contributed by atoms with E-state index >= 15 is 0 Å². The van der Waals surface area contributed by atoms with E-state index in [0.717, 1.165) is 39.0 Å². The first-order chi connectivity index (χ1) is 14.3. The first kappa shape index (κ1) is 23.7. The van der Waals surface area contributed by atoms with Gasteiger partial charge in [0.1, 0.15) is 13.2 Å². The topological polar surface area (TPSA) is 35.5 Å². The van der Waals surface area contributed by atoms with Gasteiger partial charge < -0.3 is 14.2 Å². The number of aryl methyl sites for hydroxylation is 2. The minimum absolute atomic E-state index is 0.547. The lowest BCUT2D eigenvalue weighted by Gasteiger charge is -2.04. The van der Waals surface area contributed by atoms with Crippen molar-refractivity contribution in [3.8, 4) is 0 Å². The molecule has 0 aliphatic carbocycles. The lowest BCUT2D eigenvalue weighted by atomic mass is 10.1. The Morgan fingerprint density at radius 1 is 0.655 bits per heavy atom. The van der Waals surface area contributed by atoms with Crippen molar-refractivity contribution < 1.29 is 23.3 Å². The molecule has 0 unspecified atom stereocenters. The highest BCUT2D eigenvalue weighted by Gasteiger charge is 2.04. The predicted octanol–water partition coefficient (Wildman–Crippen LogP) is 2.75. The van der Waals surface area contributed by atoms with Gasteiger partial charge in [-0.1, -0.05) is 6.92 Å². The molecule has 0 N–H and O–H groups in total. The van der Waals surface area contributed by atoms with Crippen molar-refractivity contribution in [2.75, 3.05) is 45.5 Å². The van der Waals surface area contributed by atoms with Crippen LogP contribution in [0.5, 0.6) is 0 Å². The second kappa shape index (κ2) is 15.3. The molecular formula is C23H35ClN2O3+2. The smallest absolute Gasteiger partial charge is 0.171 e. The first-order valence-electron chi connectivity index (χ1n) is 10.6. The Morgan fingerprint density at radius 3 is 1.55 bits per heavy atom. The van der Waals surface area contributed by atoms with Crippen molar-refractivity contribution in [3.63, 3.8) is 0 Å². The normalized spacial score (nSPS) is 11.1. The molecular weight excluding hydrogens is 388 g/mol. The van der Waals surface area contributed by atoms with Crippen molar-refractivity contribution in [2.24, 2.45) is 0 Å². The number of ether oxygens (including phenoxy) is 3. The van der Waals surface area contributed by atoms with E-state index in [0.29, 0.717) is 38.9 Å². The summed E-state index contributed by atoms with van der Waals surface area (Å²) in [4.78, 5) is 0. The average Bonchev–Trinajstić information content (AvgIpc) is 2.76. The molecule has 0 spiro atoms. The van der Waals surface area contributed by atoms with E-state index in [2.05, 4.69) is 65.1 Å². The number of nitrogens with zero attached hydrogens (tertiary/aromatic N) is 2. The van der Waals surface area contributed by atoms with Crippen LogP contribution >= 0.6 is 11.6 Å². The molecule has 6 heteroatoms. The van der Waals surface area contributed by atoms with Crippen LogP contribution in [0.25, 0.3) is 0 Å². The number of halogens is 1. The van der Waals surface area contributed by atoms with Gasteiger partial charge in [0.2, 0.25) is 0 Å². The van der Waals surface area contributed by atoms with E-state index in [4.69, 9.17) is 25.8 Å². The molecule has 0 atom stereocenters. The van der Waals surface area contributed by atoms with E-state index in [-0.39, 0.29) is 0 Å². The summed E-state index contributed by atoms with van der Waals surface area (Å²) < 4.78 is 20.7. The molecule has 29 heavy (non-hydrogen) atoms. The molecule has 160 valence electrons. The van der Waals surface area contributed by atoms with Gasteiger partial charge in [0.25, 0.3) is 0 Å². The molecule has 2 aromatic rings. The Balaban J connectivity index is 1.62. The summed E-state index contributed by atoms with van der Waals surface area (Å²) in [6, 6.07) is 8.77. The Bertz CT molecular complexity index is 650. The molecule has 0 bridgehead atoms. The van der Waals surface area contributed by atoms with Crippen molar-refractivity contribution in [2.45, 2.75) is 39.3 Å². The fourth-order valence-corrected chi connectivity index (χ4v) is 2.97. The quantitative estimate of drug-likeness (QED) is 0.237. The second-order valence-electron chi connectivity index (χ2n) is 6.91. The van der Waals surface area contributed by atoms with E-state index in [1.165, 1.54) is 11.1 Å². The third kappa shape index (κ3) is 10.7. The summed E-state index contributed by atoms with van der Waals surface area (Å²) in [5, 5.41) is 0. The summed E-state index contributed by atoms with van der Waals surface area (Å²) in [7, 11) is 0. The highest BCUT2D eigenvalue weighted by atomic mass is 35.5. The third-order valence-corrected chi connectivity index (χ3v) is 4.71. The molecule has 0 aliphatic rings. The maximum Gasteiger partial charge on any atom is 0.171 e. The zero-order chi connectivity index (χ0) is 20.6. The van der Waals surface area contributed by atoms with Crippen LogP contribution in [0.4, 0.5) is 0 Å². The van der Waals surface area contributed by atoms with Crippen LogP contribution in [0.15, 0.2) is 49.1 Å². The summed E-state index contributed by atoms with van der Waals surface area (Å²) in [5.74, 6) is 0.547. The van der Waals surface area contributed by atoms with Gasteiger partial charge >= 0.3 is 0 Å². The fraction of sp³-hybridized carbons (Fsp3) is 0.565. The number of aromatic nitrogens is 2. The van der Waals surface area contributed by atoms with Crippen molar-refractivity contribution in [3.05, 3.63) is 60.2 Å². The molecule has 0 aliphatic heterocycles. The Labute approximate surface area is 180 Å². The molecule has 0 aromatic carbocycles. The lowest BCUT2D eigenvalue weighted by Crippen LogP contribution is -2.35. The SMILES string of the molecule is CCCOCCOCC[n+]1ccc(CCc2cc[n+](CCOCCCl)cc2)cc1. The monoisotopic (exact) mass is 422 g/mol. The van der Waals surface area contributed by atoms with Gasteiger partial charge in [-0.15, -0.1) is 11.6 Å². The van der Waals surface area contributed by atoms with E-state index in [9.17, 15) is 0 Å². The predicted molar refractivity (Wildman–Crippen MR) is 114 cm³/mol. The molecule has 5 nitrogen and oxygen atoms in total. The zero-order valence-corrected chi connectivity index (χ0v) is 18.4. The van der Waals surface area contributed by atoms with Crippen molar-refractivity contribution in [1.82, 2.24) is 0 Å². The van der Waals surface area contributed by atoms with Crippen LogP contribution in [0, 0.1) is 0 Å². The van der Waals surface area contributed by atoms with Gasteiger partial charge in [0, 0.05) is 36.8 Å². The van der Waals surface area contributed by atoms with Crippen LogP contribution in [0.2, 0.25) is 0 Å². The molecule has 0 fully saturated rings. The van der Waals surface area contributed by atoms with Gasteiger partial charge in [-0.3, -0.25) is 0 Å². The van der Waals surface area contributed by atoms with Crippen LogP contribution in [-0.4, -0.2) is 45.5 Å². The van der Waals surface area contributed by atoms with Crippen LogP contribution < -0.4 is 9.13 Å². The van der Waals surface area contributed by atoms with Crippen LogP contribution in [0.3, 0.4) is 0 Å². The molecule has 0 radical (unpaired) electrons. The maximum atomic E-state index is 5.60. The van der Waals surface area contributed by atoms with Crippen molar-refractivity contribution >= 4 is 11.6 Å². The molecule has 0 saturated carbocycles. The zero-order valence-electron chi connectivity index (χ0n) is 17.6. The van der Waals surface area contributed by atoms with Gasteiger partial charge in [0.15, 0.2) is 37.9 Å². The Morgan fingerprint density at radius 2 is 1.10 bits per heavy atom. The molecule has 2 heterocycles. The van der Waals surface area contributed by atoms with Gasteiger partial charge in [-0.05, 0) is 30.4 Å². The highest BCUT2D eigenvalue weighted by Crippen LogP contribution is 2.04. The lowest BCUT2D eigenvalue weighted by molar-refractivity contribution is -0.698. The summed E-state index contributed by atoms with van der Waals surface area (Å²) >= 11 is 5.60. The number of hydrogen-bond acceptors (Lipinski definition) is 3. The third-order valence-electron chi connectivity index (χ3n) is 4.55. The second-order valence-corrected chi connectivity index (χ2v) is 7.29. The van der Waals surface area contributed by atoms with E-state index in [1.807, 2.05) is 0 Å². The molecule has 0 saturated heterocycles. The van der Waals surface area contributed by atoms with Crippen molar-refractivity contribution in [1.29, 1.82) is 0 Å². The number of pyridine rings is 2. The van der Waals surface area contributed by atoms with E-state index in [1.54, 1.807) is 0 Å². The maximum absolute atomic E-state index is 5.60. The minimum atomic E-state index is 0.547. The standard InChI is InChI=1S/C23H35ClN2O3/c1-2-16-27-20-21-29-19-15-26-12-7-23(8-13-26)4-3-22-5-10-25(11-6-22)14-18-28-17-9-24/h5-8,10-13H,2-4,9,14-21H2,1H3/q+2. The van der Waals surface area contributed by atoms with Crippen LogP contribution in [-0.2, 0) is 40.1 Å². The molecule has 2 aromatic heterocycles. The van der Waals surface area contributed by atoms with Gasteiger partial charge in [0.05, 0.1) is 19.8 Å². The largest absolute Gasteiger partial charge is 0.379 e. The Hall–Kier alpha value is -1.53. The summed E-state index contributed by atoms with van der Waals surface area (Å²) in [6.07, 6.45) is 11.6. The highest BCUT2D eigenvalue weighted by molar-refractivity contribution is 6.17. The summed E-state index contributed by atoms with van der Waals surface area (Å²) in [5.41, 5.74) is 2.69. The number of rotatable bonds is 16.